The van der Waals surface area contributed by atoms with Gasteiger partial charge < -0.3 is 15.5 Å². The third-order valence-electron chi connectivity index (χ3n) is 5.16. The van der Waals surface area contributed by atoms with Crippen molar-refractivity contribution in [2.24, 2.45) is 5.41 Å². The van der Waals surface area contributed by atoms with E-state index in [0.717, 1.165) is 25.8 Å². The molecule has 3 nitrogen and oxygen atoms in total. The summed E-state index contributed by atoms with van der Waals surface area (Å²) < 4.78 is 0. The fourth-order valence-corrected chi connectivity index (χ4v) is 5.64. The summed E-state index contributed by atoms with van der Waals surface area (Å²) in [6.45, 7) is 7.79. The molecular formula is C20H25NO2S. The van der Waals surface area contributed by atoms with Crippen LogP contribution in [0.2, 0.25) is 0 Å². The van der Waals surface area contributed by atoms with Crippen molar-refractivity contribution in [1.82, 2.24) is 5.32 Å². The minimum atomic E-state index is -0.00771. The van der Waals surface area contributed by atoms with E-state index < -0.39 is 0 Å². The Morgan fingerprint density at radius 1 is 1.12 bits per heavy atom. The highest BCUT2D eigenvalue weighted by Crippen LogP contribution is 2.46. The van der Waals surface area contributed by atoms with E-state index in [9.17, 15) is 10.2 Å². The Morgan fingerprint density at radius 2 is 1.88 bits per heavy atom. The van der Waals surface area contributed by atoms with Crippen LogP contribution in [0.1, 0.15) is 59.6 Å². The van der Waals surface area contributed by atoms with Crippen molar-refractivity contribution >= 4 is 11.3 Å². The number of rotatable bonds is 1. The molecule has 4 heteroatoms. The Balaban J connectivity index is 1.79. The van der Waals surface area contributed by atoms with Gasteiger partial charge in [-0.25, -0.2) is 0 Å². The SMILES string of the molecule is CC(C)(C)Cc1cc2c(s1)CNC1CCc3cc(O)c(O)cc3C21. The van der Waals surface area contributed by atoms with Crippen molar-refractivity contribution in [2.75, 3.05) is 0 Å². The van der Waals surface area contributed by atoms with Crippen LogP contribution in [-0.4, -0.2) is 16.3 Å². The van der Waals surface area contributed by atoms with Crippen LogP contribution >= 0.6 is 11.3 Å². The van der Waals surface area contributed by atoms with Gasteiger partial charge in [0, 0.05) is 28.3 Å². The standard InChI is InChI=1S/C20H25NO2S/c1-20(2,3)9-12-7-14-18(24-12)10-21-15-5-4-11-6-16(22)17(23)8-13(11)19(14)15/h6-8,15,19,21-23H,4-5,9-10H2,1-3H3. The van der Waals surface area contributed by atoms with E-state index >= 15 is 0 Å². The van der Waals surface area contributed by atoms with Crippen molar-refractivity contribution < 1.29 is 10.2 Å². The molecule has 2 heterocycles. The van der Waals surface area contributed by atoms with Gasteiger partial charge in [0.1, 0.15) is 0 Å². The van der Waals surface area contributed by atoms with E-state index in [1.807, 2.05) is 11.3 Å². The number of hydrogen-bond acceptors (Lipinski definition) is 4. The number of benzene rings is 1. The molecule has 24 heavy (non-hydrogen) atoms. The third-order valence-corrected chi connectivity index (χ3v) is 6.31. The number of phenolic OH excluding ortho intramolecular Hbond substituents is 2. The minimum Gasteiger partial charge on any atom is -0.504 e. The van der Waals surface area contributed by atoms with Crippen LogP contribution in [0, 0.1) is 5.41 Å². The molecule has 2 aliphatic rings. The Morgan fingerprint density at radius 3 is 2.62 bits per heavy atom. The van der Waals surface area contributed by atoms with E-state index in [4.69, 9.17) is 0 Å². The second-order valence-electron chi connectivity index (χ2n) is 8.37. The maximum atomic E-state index is 10.0. The molecule has 2 unspecified atom stereocenters. The number of thiophene rings is 1. The molecule has 2 atom stereocenters. The summed E-state index contributed by atoms with van der Waals surface area (Å²) in [5, 5.41) is 23.5. The molecular weight excluding hydrogens is 318 g/mol. The van der Waals surface area contributed by atoms with Crippen molar-refractivity contribution in [2.45, 2.75) is 58.5 Å². The lowest BCUT2D eigenvalue weighted by Crippen LogP contribution is -2.41. The van der Waals surface area contributed by atoms with Gasteiger partial charge >= 0.3 is 0 Å². The van der Waals surface area contributed by atoms with Crippen LogP contribution in [0.25, 0.3) is 0 Å². The largest absolute Gasteiger partial charge is 0.504 e. The molecule has 0 radical (unpaired) electrons. The molecule has 0 bridgehead atoms. The normalized spacial score (nSPS) is 22.6. The highest BCUT2D eigenvalue weighted by molar-refractivity contribution is 7.12. The minimum absolute atomic E-state index is 0.00469. The summed E-state index contributed by atoms with van der Waals surface area (Å²) >= 11 is 1.93. The van der Waals surface area contributed by atoms with E-state index in [1.54, 1.807) is 12.1 Å². The van der Waals surface area contributed by atoms with Crippen LogP contribution in [0.3, 0.4) is 0 Å². The fraction of sp³-hybridized carbons (Fsp3) is 0.500. The zero-order valence-electron chi connectivity index (χ0n) is 14.5. The molecule has 1 aromatic carbocycles. The zero-order valence-corrected chi connectivity index (χ0v) is 15.3. The van der Waals surface area contributed by atoms with Gasteiger partial charge in [-0.3, -0.25) is 0 Å². The van der Waals surface area contributed by atoms with Crippen LogP contribution in [0.4, 0.5) is 0 Å². The van der Waals surface area contributed by atoms with Gasteiger partial charge in [0.2, 0.25) is 0 Å². The summed E-state index contributed by atoms with van der Waals surface area (Å²) in [5.41, 5.74) is 4.06. The molecule has 0 amide bonds. The molecule has 1 aliphatic heterocycles. The van der Waals surface area contributed by atoms with Gasteiger partial charge in [0.15, 0.2) is 11.5 Å². The molecule has 1 aliphatic carbocycles. The topological polar surface area (TPSA) is 52.5 Å². The second-order valence-corrected chi connectivity index (χ2v) is 9.59. The van der Waals surface area contributed by atoms with E-state index in [1.165, 1.54) is 26.4 Å². The Labute approximate surface area is 147 Å². The first-order valence-electron chi connectivity index (χ1n) is 8.71. The number of nitrogens with one attached hydrogen (secondary N) is 1. The molecule has 2 aromatic rings. The molecule has 0 saturated carbocycles. The first-order chi connectivity index (χ1) is 11.3. The molecule has 0 fully saturated rings. The Bertz CT molecular complexity index is 788. The first-order valence-corrected chi connectivity index (χ1v) is 9.53. The average Bonchev–Trinajstić information content (AvgIpc) is 2.88. The number of aryl methyl sites for hydroxylation is 1. The smallest absolute Gasteiger partial charge is 0.157 e. The van der Waals surface area contributed by atoms with Crippen LogP contribution in [-0.2, 0) is 19.4 Å². The Kier molecular flexibility index (Phi) is 3.66. The maximum absolute atomic E-state index is 10.0. The molecule has 1 aromatic heterocycles. The highest BCUT2D eigenvalue weighted by atomic mass is 32.1. The zero-order chi connectivity index (χ0) is 17.1. The molecule has 128 valence electrons. The number of hydrogen-bond donors (Lipinski definition) is 3. The fourth-order valence-electron chi connectivity index (χ4n) is 4.18. The summed E-state index contributed by atoms with van der Waals surface area (Å²) in [7, 11) is 0. The van der Waals surface area contributed by atoms with Gasteiger partial charge in [-0.1, -0.05) is 20.8 Å². The summed E-state index contributed by atoms with van der Waals surface area (Å²) in [6, 6.07) is 6.34. The van der Waals surface area contributed by atoms with Crippen molar-refractivity contribution in [1.29, 1.82) is 0 Å². The van der Waals surface area contributed by atoms with E-state index in [0.29, 0.717) is 6.04 Å². The number of fused-ring (bicyclic) bond motifs is 5. The van der Waals surface area contributed by atoms with Crippen LogP contribution in [0.5, 0.6) is 11.5 Å². The predicted molar refractivity (Wildman–Crippen MR) is 98.0 cm³/mol. The lowest BCUT2D eigenvalue weighted by atomic mass is 9.73. The summed E-state index contributed by atoms with van der Waals surface area (Å²) in [6.07, 6.45) is 3.12. The van der Waals surface area contributed by atoms with Gasteiger partial charge in [-0.05, 0) is 59.6 Å². The molecule has 0 saturated heterocycles. The quantitative estimate of drug-likeness (QED) is 0.677. The summed E-state index contributed by atoms with van der Waals surface area (Å²) in [5.74, 6) is 0.274. The van der Waals surface area contributed by atoms with Crippen molar-refractivity contribution in [3.8, 4) is 11.5 Å². The van der Waals surface area contributed by atoms with Crippen LogP contribution in [0.15, 0.2) is 18.2 Å². The monoisotopic (exact) mass is 343 g/mol. The lowest BCUT2D eigenvalue weighted by Gasteiger charge is -2.38. The molecule has 0 spiro atoms. The lowest BCUT2D eigenvalue weighted by molar-refractivity contribution is 0.382. The highest BCUT2D eigenvalue weighted by Gasteiger charge is 2.37. The Hall–Kier alpha value is -1.52. The van der Waals surface area contributed by atoms with Gasteiger partial charge in [-0.15, -0.1) is 11.3 Å². The third kappa shape index (κ3) is 2.72. The van der Waals surface area contributed by atoms with Crippen molar-refractivity contribution in [3.63, 3.8) is 0 Å². The maximum Gasteiger partial charge on any atom is 0.157 e. The van der Waals surface area contributed by atoms with Gasteiger partial charge in [0.25, 0.3) is 0 Å². The first kappa shape index (κ1) is 16.0. The number of aromatic hydroxyl groups is 2. The number of phenols is 2. The van der Waals surface area contributed by atoms with Crippen molar-refractivity contribution in [3.05, 3.63) is 44.6 Å². The van der Waals surface area contributed by atoms with E-state index in [2.05, 4.69) is 32.2 Å². The van der Waals surface area contributed by atoms with E-state index in [-0.39, 0.29) is 22.8 Å². The molecule has 3 N–H and O–H groups in total. The molecule has 4 rings (SSSR count). The summed E-state index contributed by atoms with van der Waals surface area (Å²) in [4.78, 5) is 2.88. The second kappa shape index (κ2) is 5.50. The average molecular weight is 343 g/mol. The van der Waals surface area contributed by atoms with Gasteiger partial charge in [0.05, 0.1) is 0 Å². The predicted octanol–water partition coefficient (Wildman–Crippen LogP) is 4.30. The van der Waals surface area contributed by atoms with Crippen LogP contribution < -0.4 is 5.32 Å². The van der Waals surface area contributed by atoms with Gasteiger partial charge in [-0.2, -0.15) is 0 Å².